The Bertz CT molecular complexity index is 579. The van der Waals surface area contributed by atoms with Crippen LogP contribution in [0.5, 0.6) is 0 Å². The van der Waals surface area contributed by atoms with Crippen molar-refractivity contribution in [2.75, 3.05) is 26.7 Å². The van der Waals surface area contributed by atoms with Gasteiger partial charge < -0.3 is 15.3 Å². The lowest BCUT2D eigenvalue weighted by atomic mass is 9.94. The third kappa shape index (κ3) is 3.75. The number of nitrogens with one attached hydrogen (secondary N) is 1. The van der Waals surface area contributed by atoms with Crippen molar-refractivity contribution in [3.8, 4) is 0 Å². The second kappa shape index (κ2) is 6.24. The number of aliphatic hydroxyl groups is 1. The highest BCUT2D eigenvalue weighted by molar-refractivity contribution is 5.79. The van der Waals surface area contributed by atoms with Gasteiger partial charge in [0.15, 0.2) is 0 Å². The first-order valence-electron chi connectivity index (χ1n) is 8.54. The minimum Gasteiger partial charge on any atom is -0.392 e. The van der Waals surface area contributed by atoms with Crippen molar-refractivity contribution in [1.29, 1.82) is 0 Å². The second-order valence-electron chi connectivity index (χ2n) is 7.53. The van der Waals surface area contributed by atoms with E-state index in [1.807, 2.05) is 14.0 Å². The van der Waals surface area contributed by atoms with Crippen molar-refractivity contribution in [2.45, 2.75) is 45.8 Å². The summed E-state index contributed by atoms with van der Waals surface area (Å²) >= 11 is 0. The van der Waals surface area contributed by atoms with Crippen LogP contribution >= 0.6 is 0 Å². The lowest BCUT2D eigenvalue weighted by molar-refractivity contribution is -0.131. The maximum absolute atomic E-state index is 12.4. The van der Waals surface area contributed by atoms with E-state index >= 15 is 0 Å². The van der Waals surface area contributed by atoms with E-state index in [0.717, 1.165) is 31.6 Å². The zero-order valence-corrected chi connectivity index (χ0v) is 14.4. The van der Waals surface area contributed by atoms with Crippen molar-refractivity contribution >= 4 is 5.91 Å². The molecule has 2 aliphatic rings. The summed E-state index contributed by atoms with van der Waals surface area (Å²) in [6, 6.07) is 2.09. The summed E-state index contributed by atoms with van der Waals surface area (Å²) in [6.45, 7) is 7.11. The Morgan fingerprint density at radius 2 is 2.22 bits per heavy atom. The molecule has 3 rings (SSSR count). The molecule has 1 saturated heterocycles. The molecule has 1 aromatic rings. The normalized spacial score (nSPS) is 27.0. The molecule has 1 saturated carbocycles. The van der Waals surface area contributed by atoms with Gasteiger partial charge in [-0.15, -0.1) is 0 Å². The molecule has 2 fully saturated rings. The maximum atomic E-state index is 12.4. The molecule has 23 heavy (non-hydrogen) atoms. The predicted molar refractivity (Wildman–Crippen MR) is 88.0 cm³/mol. The van der Waals surface area contributed by atoms with Gasteiger partial charge in [-0.2, -0.15) is 5.10 Å². The maximum Gasteiger partial charge on any atom is 0.227 e. The molecule has 0 radical (unpaired) electrons. The fourth-order valence-electron chi connectivity index (χ4n) is 3.49. The minimum atomic E-state index is -0.516. The fourth-order valence-corrected chi connectivity index (χ4v) is 3.49. The average molecular weight is 320 g/mol. The standard InChI is InChI=1S/C17H28N4O2/c1-12-8-13(2)21(19-12)11-17(5-6-17)10-18-16(23)14-9-20(3)7-4-15(14)22/h8,14-15,22H,4-7,9-11H2,1-3H3,(H,18,23)/t14-,15+/m1/s1. The molecule has 0 bridgehead atoms. The molecule has 1 aromatic heterocycles. The topological polar surface area (TPSA) is 70.4 Å². The van der Waals surface area contributed by atoms with Gasteiger partial charge in [0.1, 0.15) is 0 Å². The molecular formula is C17H28N4O2. The Balaban J connectivity index is 1.55. The number of hydrogen-bond donors (Lipinski definition) is 2. The van der Waals surface area contributed by atoms with E-state index in [9.17, 15) is 9.90 Å². The Morgan fingerprint density at radius 1 is 1.48 bits per heavy atom. The van der Waals surface area contributed by atoms with E-state index in [0.29, 0.717) is 19.5 Å². The summed E-state index contributed by atoms with van der Waals surface area (Å²) in [5, 5.41) is 17.7. The van der Waals surface area contributed by atoms with E-state index < -0.39 is 6.10 Å². The first-order chi connectivity index (χ1) is 10.9. The first-order valence-corrected chi connectivity index (χ1v) is 8.54. The smallest absolute Gasteiger partial charge is 0.227 e. The number of aromatic nitrogens is 2. The number of piperidine rings is 1. The number of carbonyl (C=O) groups is 1. The summed E-state index contributed by atoms with van der Waals surface area (Å²) in [5.74, 6) is -0.318. The quantitative estimate of drug-likeness (QED) is 0.838. The third-order valence-corrected chi connectivity index (χ3v) is 5.30. The zero-order chi connectivity index (χ0) is 16.6. The van der Waals surface area contributed by atoms with Crippen molar-refractivity contribution in [3.63, 3.8) is 0 Å². The van der Waals surface area contributed by atoms with E-state index in [4.69, 9.17) is 0 Å². The molecule has 2 heterocycles. The van der Waals surface area contributed by atoms with Gasteiger partial charge in [0, 0.05) is 37.3 Å². The number of rotatable bonds is 5. The second-order valence-corrected chi connectivity index (χ2v) is 7.53. The van der Waals surface area contributed by atoms with E-state index in [2.05, 4.69) is 33.0 Å². The van der Waals surface area contributed by atoms with E-state index in [1.54, 1.807) is 0 Å². The molecule has 2 N–H and O–H groups in total. The van der Waals surface area contributed by atoms with Gasteiger partial charge in [0.05, 0.1) is 17.7 Å². The summed E-state index contributed by atoms with van der Waals surface area (Å²) in [5.41, 5.74) is 2.35. The Hall–Kier alpha value is -1.40. The Labute approximate surface area is 137 Å². The first kappa shape index (κ1) is 16.5. The summed E-state index contributed by atoms with van der Waals surface area (Å²) < 4.78 is 2.05. The summed E-state index contributed by atoms with van der Waals surface area (Å²) in [6.07, 6.45) is 2.40. The van der Waals surface area contributed by atoms with Gasteiger partial charge >= 0.3 is 0 Å². The molecule has 0 aromatic carbocycles. The summed E-state index contributed by atoms with van der Waals surface area (Å²) in [4.78, 5) is 14.5. The van der Waals surface area contributed by atoms with Crippen LogP contribution in [0.15, 0.2) is 6.07 Å². The van der Waals surface area contributed by atoms with Gasteiger partial charge in [-0.25, -0.2) is 0 Å². The molecule has 1 aliphatic carbocycles. The Morgan fingerprint density at radius 3 is 2.83 bits per heavy atom. The molecule has 128 valence electrons. The highest BCUT2D eigenvalue weighted by atomic mass is 16.3. The Kier molecular flexibility index (Phi) is 4.47. The van der Waals surface area contributed by atoms with Crippen LogP contribution in [0.25, 0.3) is 0 Å². The molecule has 0 unspecified atom stereocenters. The van der Waals surface area contributed by atoms with Gasteiger partial charge in [-0.05, 0) is 46.2 Å². The van der Waals surface area contributed by atoms with Crippen molar-refractivity contribution < 1.29 is 9.90 Å². The predicted octanol–water partition coefficient (Wildman–Crippen LogP) is 0.709. The summed E-state index contributed by atoms with van der Waals surface area (Å²) in [7, 11) is 2.00. The van der Waals surface area contributed by atoms with Gasteiger partial charge in [0.2, 0.25) is 5.91 Å². The van der Waals surface area contributed by atoms with Crippen molar-refractivity contribution in [3.05, 3.63) is 17.5 Å². The van der Waals surface area contributed by atoms with Crippen molar-refractivity contribution in [1.82, 2.24) is 20.0 Å². The molecular weight excluding hydrogens is 292 g/mol. The highest BCUT2D eigenvalue weighted by Gasteiger charge is 2.44. The van der Waals surface area contributed by atoms with Crippen LogP contribution < -0.4 is 5.32 Å². The van der Waals surface area contributed by atoms with Crippen LogP contribution in [0.2, 0.25) is 0 Å². The van der Waals surface area contributed by atoms with Crippen LogP contribution in [0.1, 0.15) is 30.7 Å². The number of aliphatic hydroxyl groups excluding tert-OH is 1. The number of likely N-dealkylation sites (tertiary alicyclic amines) is 1. The number of aryl methyl sites for hydroxylation is 2. The number of hydrogen-bond acceptors (Lipinski definition) is 4. The third-order valence-electron chi connectivity index (χ3n) is 5.30. The highest BCUT2D eigenvalue weighted by Crippen LogP contribution is 2.46. The number of nitrogens with zero attached hydrogens (tertiary/aromatic N) is 3. The molecule has 1 aliphatic heterocycles. The fraction of sp³-hybridized carbons (Fsp3) is 0.765. The lowest BCUT2D eigenvalue weighted by Crippen LogP contribution is -2.49. The van der Waals surface area contributed by atoms with Crippen LogP contribution in [0.4, 0.5) is 0 Å². The number of amides is 1. The van der Waals surface area contributed by atoms with Crippen LogP contribution in [0, 0.1) is 25.2 Å². The van der Waals surface area contributed by atoms with E-state index in [-0.39, 0.29) is 17.2 Å². The molecule has 0 spiro atoms. The van der Waals surface area contributed by atoms with Crippen molar-refractivity contribution in [2.24, 2.45) is 11.3 Å². The van der Waals surface area contributed by atoms with Gasteiger partial charge in [-0.3, -0.25) is 9.48 Å². The minimum absolute atomic E-state index is 0.0105. The zero-order valence-electron chi connectivity index (χ0n) is 14.4. The van der Waals surface area contributed by atoms with Crippen LogP contribution in [0.3, 0.4) is 0 Å². The van der Waals surface area contributed by atoms with E-state index in [1.165, 1.54) is 5.69 Å². The average Bonchev–Trinajstić information content (AvgIpc) is 3.19. The van der Waals surface area contributed by atoms with Gasteiger partial charge in [-0.1, -0.05) is 0 Å². The largest absolute Gasteiger partial charge is 0.392 e. The van der Waals surface area contributed by atoms with Crippen LogP contribution in [-0.2, 0) is 11.3 Å². The lowest BCUT2D eigenvalue weighted by Gasteiger charge is -2.33. The van der Waals surface area contributed by atoms with Crippen LogP contribution in [-0.4, -0.2) is 58.5 Å². The molecule has 6 heteroatoms. The number of carbonyl (C=O) groups excluding carboxylic acids is 1. The monoisotopic (exact) mass is 320 g/mol. The van der Waals surface area contributed by atoms with Gasteiger partial charge in [0.25, 0.3) is 0 Å². The molecule has 6 nitrogen and oxygen atoms in total. The molecule has 2 atom stereocenters. The SMILES string of the molecule is Cc1cc(C)n(CC2(CNC(=O)[C@@H]3CN(C)CC[C@@H]3O)CC2)n1. The molecule has 1 amide bonds.